The van der Waals surface area contributed by atoms with Crippen LogP contribution in [0.15, 0.2) is 24.3 Å². The predicted octanol–water partition coefficient (Wildman–Crippen LogP) is 1.38. The first kappa shape index (κ1) is 17.5. The summed E-state index contributed by atoms with van der Waals surface area (Å²) in [5.41, 5.74) is 0.802. The first-order chi connectivity index (χ1) is 12.0. The number of ether oxygens (including phenoxy) is 1. The lowest BCUT2D eigenvalue weighted by atomic mass is 9.89. The third-order valence-electron chi connectivity index (χ3n) is 5.43. The van der Waals surface area contributed by atoms with E-state index in [1.54, 1.807) is 11.8 Å². The predicted molar refractivity (Wildman–Crippen MR) is 91.6 cm³/mol. The van der Waals surface area contributed by atoms with E-state index in [2.05, 4.69) is 5.32 Å². The molecule has 0 aromatic heterocycles. The SMILES string of the molecule is COC(=O)C1(NC(=O)C2CCN(C(C)=O)CC2)CCc2ccccc21. The molecule has 0 spiro atoms. The third-order valence-corrected chi connectivity index (χ3v) is 5.43. The van der Waals surface area contributed by atoms with Crippen molar-refractivity contribution in [3.63, 3.8) is 0 Å². The second-order valence-corrected chi connectivity index (χ2v) is 6.82. The van der Waals surface area contributed by atoms with Crippen LogP contribution in [0, 0.1) is 5.92 Å². The van der Waals surface area contributed by atoms with Gasteiger partial charge in [0.05, 0.1) is 7.11 Å². The Labute approximate surface area is 147 Å². The van der Waals surface area contributed by atoms with Crippen molar-refractivity contribution >= 4 is 17.8 Å². The summed E-state index contributed by atoms with van der Waals surface area (Å²) < 4.78 is 5.02. The standard InChI is InChI=1S/C19H24N2O4/c1-13(22)21-11-8-15(9-12-21)17(23)20-19(18(24)25-2)10-7-14-5-3-4-6-16(14)19/h3-6,15H,7-12H2,1-2H3,(H,20,23). The number of carbonyl (C=O) groups is 3. The Morgan fingerprint density at radius 3 is 2.52 bits per heavy atom. The average molecular weight is 344 g/mol. The van der Waals surface area contributed by atoms with Crippen LogP contribution in [0.4, 0.5) is 0 Å². The van der Waals surface area contributed by atoms with Gasteiger partial charge in [0.2, 0.25) is 11.8 Å². The summed E-state index contributed by atoms with van der Waals surface area (Å²) in [5.74, 6) is -0.711. The lowest BCUT2D eigenvalue weighted by Crippen LogP contribution is -2.54. The fraction of sp³-hybridized carbons (Fsp3) is 0.526. The molecule has 1 aliphatic carbocycles. The zero-order valence-corrected chi connectivity index (χ0v) is 14.7. The lowest BCUT2D eigenvalue weighted by Gasteiger charge is -2.34. The summed E-state index contributed by atoms with van der Waals surface area (Å²) in [7, 11) is 1.35. The number of rotatable bonds is 3. The molecule has 0 saturated carbocycles. The molecule has 6 heteroatoms. The van der Waals surface area contributed by atoms with E-state index in [0.29, 0.717) is 32.4 Å². The monoisotopic (exact) mass is 344 g/mol. The maximum Gasteiger partial charge on any atom is 0.336 e. The molecule has 1 saturated heterocycles. The quantitative estimate of drug-likeness (QED) is 0.841. The summed E-state index contributed by atoms with van der Waals surface area (Å²) in [5, 5.41) is 3.00. The van der Waals surface area contributed by atoms with Crippen LogP contribution in [0.5, 0.6) is 0 Å². The van der Waals surface area contributed by atoms with Gasteiger partial charge < -0.3 is 15.0 Å². The number of amides is 2. The molecular weight excluding hydrogens is 320 g/mol. The zero-order chi connectivity index (χ0) is 18.0. The molecule has 3 rings (SSSR count). The maximum absolute atomic E-state index is 12.8. The Morgan fingerprint density at radius 2 is 1.88 bits per heavy atom. The van der Waals surface area contributed by atoms with Gasteiger partial charge in [0.25, 0.3) is 0 Å². The van der Waals surface area contributed by atoms with Gasteiger partial charge in [-0.2, -0.15) is 0 Å². The topological polar surface area (TPSA) is 75.7 Å². The van der Waals surface area contributed by atoms with Crippen LogP contribution in [-0.4, -0.2) is 42.9 Å². The van der Waals surface area contributed by atoms with Crippen LogP contribution in [-0.2, 0) is 31.1 Å². The Morgan fingerprint density at radius 1 is 1.20 bits per heavy atom. The second kappa shape index (κ2) is 6.86. The van der Waals surface area contributed by atoms with Gasteiger partial charge in [-0.1, -0.05) is 24.3 Å². The second-order valence-electron chi connectivity index (χ2n) is 6.82. The van der Waals surface area contributed by atoms with Crippen LogP contribution in [0.2, 0.25) is 0 Å². The van der Waals surface area contributed by atoms with Crippen molar-refractivity contribution in [3.8, 4) is 0 Å². The number of fused-ring (bicyclic) bond motifs is 1. The highest BCUT2D eigenvalue weighted by Crippen LogP contribution is 2.38. The Bertz CT molecular complexity index is 694. The number of nitrogens with one attached hydrogen (secondary N) is 1. The van der Waals surface area contributed by atoms with E-state index >= 15 is 0 Å². The van der Waals surface area contributed by atoms with Crippen LogP contribution in [0.3, 0.4) is 0 Å². The number of carbonyl (C=O) groups excluding carboxylic acids is 3. The number of hydrogen-bond acceptors (Lipinski definition) is 4. The molecule has 0 bridgehead atoms. The van der Waals surface area contributed by atoms with E-state index in [-0.39, 0.29) is 17.7 Å². The molecule has 2 amide bonds. The van der Waals surface area contributed by atoms with Gasteiger partial charge in [0.15, 0.2) is 5.54 Å². The van der Waals surface area contributed by atoms with Gasteiger partial charge in [0, 0.05) is 25.9 Å². The highest BCUT2D eigenvalue weighted by atomic mass is 16.5. The summed E-state index contributed by atoms with van der Waals surface area (Å²) in [6.45, 7) is 2.70. The molecule has 1 aromatic rings. The van der Waals surface area contributed by atoms with Gasteiger partial charge in [-0.25, -0.2) is 4.79 Å². The minimum atomic E-state index is -1.10. The molecule has 6 nitrogen and oxygen atoms in total. The van der Waals surface area contributed by atoms with E-state index in [1.807, 2.05) is 24.3 Å². The van der Waals surface area contributed by atoms with Gasteiger partial charge in [-0.3, -0.25) is 9.59 Å². The molecule has 134 valence electrons. The largest absolute Gasteiger partial charge is 0.467 e. The molecular formula is C19H24N2O4. The fourth-order valence-corrected chi connectivity index (χ4v) is 3.95. The number of likely N-dealkylation sites (tertiary alicyclic amines) is 1. The van der Waals surface area contributed by atoms with Crippen molar-refractivity contribution in [2.45, 2.75) is 38.1 Å². The van der Waals surface area contributed by atoms with Gasteiger partial charge in [-0.05, 0) is 36.8 Å². The molecule has 1 fully saturated rings. The molecule has 0 radical (unpaired) electrons. The van der Waals surface area contributed by atoms with E-state index in [0.717, 1.165) is 17.5 Å². The van der Waals surface area contributed by atoms with Crippen molar-refractivity contribution in [3.05, 3.63) is 35.4 Å². The van der Waals surface area contributed by atoms with E-state index < -0.39 is 11.5 Å². The Kier molecular flexibility index (Phi) is 4.79. The normalized spacial score (nSPS) is 23.0. The molecule has 1 N–H and O–H groups in total. The molecule has 25 heavy (non-hydrogen) atoms. The first-order valence-corrected chi connectivity index (χ1v) is 8.72. The minimum Gasteiger partial charge on any atom is -0.467 e. The highest BCUT2D eigenvalue weighted by molar-refractivity contribution is 5.91. The van der Waals surface area contributed by atoms with Crippen LogP contribution >= 0.6 is 0 Å². The molecule has 1 aromatic carbocycles. The van der Waals surface area contributed by atoms with Crippen LogP contribution in [0.25, 0.3) is 0 Å². The summed E-state index contributed by atoms with van der Waals surface area (Å²) >= 11 is 0. The zero-order valence-electron chi connectivity index (χ0n) is 14.7. The number of hydrogen-bond donors (Lipinski definition) is 1. The smallest absolute Gasteiger partial charge is 0.336 e. The first-order valence-electron chi connectivity index (χ1n) is 8.72. The summed E-state index contributed by atoms with van der Waals surface area (Å²) in [4.78, 5) is 38.6. The van der Waals surface area contributed by atoms with Crippen molar-refractivity contribution in [2.24, 2.45) is 5.92 Å². The van der Waals surface area contributed by atoms with Gasteiger partial charge >= 0.3 is 5.97 Å². The van der Waals surface area contributed by atoms with E-state index in [1.165, 1.54) is 7.11 Å². The third kappa shape index (κ3) is 3.13. The number of aryl methyl sites for hydroxylation is 1. The van der Waals surface area contributed by atoms with Gasteiger partial charge in [0.1, 0.15) is 0 Å². The lowest BCUT2D eigenvalue weighted by molar-refractivity contribution is -0.152. The molecule has 1 heterocycles. The molecule has 1 unspecified atom stereocenters. The highest BCUT2D eigenvalue weighted by Gasteiger charge is 2.48. The van der Waals surface area contributed by atoms with Crippen molar-refractivity contribution in [1.29, 1.82) is 0 Å². The maximum atomic E-state index is 12.8. The molecule has 2 aliphatic rings. The van der Waals surface area contributed by atoms with Gasteiger partial charge in [-0.15, -0.1) is 0 Å². The number of methoxy groups -OCH3 is 1. The van der Waals surface area contributed by atoms with E-state index in [4.69, 9.17) is 4.74 Å². The minimum absolute atomic E-state index is 0.0367. The number of piperidine rings is 1. The molecule has 1 atom stereocenters. The number of esters is 1. The van der Waals surface area contributed by atoms with Crippen molar-refractivity contribution < 1.29 is 19.1 Å². The Hall–Kier alpha value is -2.37. The fourth-order valence-electron chi connectivity index (χ4n) is 3.95. The number of nitrogens with zero attached hydrogens (tertiary/aromatic N) is 1. The van der Waals surface area contributed by atoms with Crippen molar-refractivity contribution in [2.75, 3.05) is 20.2 Å². The average Bonchev–Trinajstić information content (AvgIpc) is 3.01. The van der Waals surface area contributed by atoms with E-state index in [9.17, 15) is 14.4 Å². The molecule has 1 aliphatic heterocycles. The van der Waals surface area contributed by atoms with Crippen molar-refractivity contribution in [1.82, 2.24) is 10.2 Å². The summed E-state index contributed by atoms with van der Waals surface area (Å²) in [6.07, 6.45) is 2.47. The number of benzene rings is 1. The van der Waals surface area contributed by atoms with Crippen LogP contribution in [0.1, 0.15) is 37.3 Å². The Balaban J connectivity index is 1.78. The van der Waals surface area contributed by atoms with Crippen LogP contribution < -0.4 is 5.32 Å². The summed E-state index contributed by atoms with van der Waals surface area (Å²) in [6, 6.07) is 7.68.